The number of rotatable bonds is 1. The van der Waals surface area contributed by atoms with Crippen molar-refractivity contribution in [2.75, 3.05) is 6.54 Å². The molecule has 0 amide bonds. The van der Waals surface area contributed by atoms with Crippen LogP contribution in [-0.2, 0) is 9.53 Å². The molecule has 10 atom stereocenters. The van der Waals surface area contributed by atoms with Gasteiger partial charge in [-0.05, 0) is 53.0 Å². The molecule has 1 saturated heterocycles. The second-order valence-corrected chi connectivity index (χ2v) is 9.45. The summed E-state index contributed by atoms with van der Waals surface area (Å²) in [7, 11) is 0. The molecule has 6 N–H and O–H groups in total. The molecule has 0 saturated carbocycles. The molecule has 0 unspecified atom stereocenters. The van der Waals surface area contributed by atoms with Gasteiger partial charge in [0, 0.05) is 12.0 Å². The van der Waals surface area contributed by atoms with Gasteiger partial charge in [-0.25, -0.2) is 0 Å². The van der Waals surface area contributed by atoms with Crippen LogP contribution in [0, 0.1) is 17.8 Å². The van der Waals surface area contributed by atoms with Crippen molar-refractivity contribution in [3.63, 3.8) is 0 Å². The largest absolute Gasteiger partial charge is 0.459 e. The van der Waals surface area contributed by atoms with E-state index in [4.69, 9.17) is 4.74 Å². The molecule has 0 aromatic carbocycles. The van der Waals surface area contributed by atoms with Gasteiger partial charge in [-0.2, -0.15) is 0 Å². The summed E-state index contributed by atoms with van der Waals surface area (Å²) in [6.07, 6.45) is -4.19. The number of nitrogens with one attached hydrogen (secondary N) is 1. The monoisotopic (exact) mass is 419 g/mol. The number of carbonyl (C=O) groups is 1. The van der Waals surface area contributed by atoms with Gasteiger partial charge in [0.05, 0.1) is 23.7 Å². The molecule has 8 heteroatoms. The van der Waals surface area contributed by atoms with Crippen LogP contribution >= 0.6 is 0 Å². The van der Waals surface area contributed by atoms with Crippen LogP contribution in [-0.4, -0.2) is 79.7 Å². The maximum atomic E-state index is 12.6. The molecule has 0 bridgehead atoms. The highest BCUT2D eigenvalue weighted by Gasteiger charge is 2.46. The predicted molar refractivity (Wildman–Crippen MR) is 109 cm³/mol. The molecule has 8 nitrogen and oxygen atoms in total. The van der Waals surface area contributed by atoms with E-state index in [1.807, 2.05) is 6.92 Å². The molecule has 0 spiro atoms. The molecule has 0 radical (unpaired) electrons. The molecule has 1 aliphatic heterocycles. The summed E-state index contributed by atoms with van der Waals surface area (Å²) in [5.41, 5.74) is -3.19. The smallest absolute Gasteiger partial charge is 0.311 e. The van der Waals surface area contributed by atoms with Gasteiger partial charge in [0.15, 0.2) is 0 Å². The Morgan fingerprint density at radius 1 is 1.07 bits per heavy atom. The number of esters is 1. The Labute approximate surface area is 174 Å². The maximum Gasteiger partial charge on any atom is 0.311 e. The lowest BCUT2D eigenvalue weighted by molar-refractivity contribution is -0.190. The molecule has 1 aliphatic rings. The molecule has 0 aliphatic carbocycles. The minimum atomic E-state index is -1.71. The molecular formula is C21H41NO7. The molecule has 0 aromatic heterocycles. The Kier molecular flexibility index (Phi) is 9.08. The van der Waals surface area contributed by atoms with Crippen molar-refractivity contribution in [2.45, 2.75) is 103 Å². The van der Waals surface area contributed by atoms with Crippen molar-refractivity contribution in [2.24, 2.45) is 17.8 Å². The minimum absolute atomic E-state index is 0.0639. The Hall–Kier alpha value is -0.770. The zero-order valence-electron chi connectivity index (χ0n) is 18.8. The SMILES string of the molecule is CC[C@H]1OC(=O)[C@H](C)[C@@H](O)[C@H](C)[C@@H](O)[C@](C)(O)C[C@@H](C)CN[C@H](C)[C@@H](O)[C@]1(C)O. The first-order valence-corrected chi connectivity index (χ1v) is 10.6. The number of hydrogen-bond acceptors (Lipinski definition) is 8. The van der Waals surface area contributed by atoms with Crippen LogP contribution in [0.2, 0.25) is 0 Å². The number of aliphatic hydroxyl groups excluding tert-OH is 3. The number of aliphatic hydroxyl groups is 5. The van der Waals surface area contributed by atoms with E-state index in [2.05, 4.69) is 5.32 Å². The predicted octanol–water partition coefficient (Wildman–Crippen LogP) is 0.183. The van der Waals surface area contributed by atoms with Gasteiger partial charge in [0.25, 0.3) is 0 Å². The van der Waals surface area contributed by atoms with Crippen molar-refractivity contribution in [3.05, 3.63) is 0 Å². The van der Waals surface area contributed by atoms with Gasteiger partial charge in [0.2, 0.25) is 0 Å². The van der Waals surface area contributed by atoms with E-state index in [1.165, 1.54) is 20.8 Å². The molecular weight excluding hydrogens is 378 g/mol. The Morgan fingerprint density at radius 2 is 1.62 bits per heavy atom. The third-order valence-electron chi connectivity index (χ3n) is 6.46. The van der Waals surface area contributed by atoms with Crippen LogP contribution in [0.3, 0.4) is 0 Å². The highest BCUT2D eigenvalue weighted by molar-refractivity contribution is 5.73. The van der Waals surface area contributed by atoms with Crippen molar-refractivity contribution in [3.8, 4) is 0 Å². The quantitative estimate of drug-likeness (QED) is 0.331. The van der Waals surface area contributed by atoms with Crippen LogP contribution < -0.4 is 5.32 Å². The van der Waals surface area contributed by atoms with Crippen LogP contribution in [0.5, 0.6) is 0 Å². The summed E-state index contributed by atoms with van der Waals surface area (Å²) >= 11 is 0. The van der Waals surface area contributed by atoms with Gasteiger partial charge < -0.3 is 35.6 Å². The summed E-state index contributed by atoms with van der Waals surface area (Å²) in [6, 6.07) is -0.512. The van der Waals surface area contributed by atoms with Crippen molar-refractivity contribution in [1.29, 1.82) is 0 Å². The third-order valence-corrected chi connectivity index (χ3v) is 6.46. The molecule has 1 rings (SSSR count). The fourth-order valence-corrected chi connectivity index (χ4v) is 4.31. The van der Waals surface area contributed by atoms with Crippen LogP contribution in [0.25, 0.3) is 0 Å². The molecule has 172 valence electrons. The summed E-state index contributed by atoms with van der Waals surface area (Å²) in [4.78, 5) is 12.6. The van der Waals surface area contributed by atoms with E-state index in [1.54, 1.807) is 20.8 Å². The highest BCUT2D eigenvalue weighted by Crippen LogP contribution is 2.31. The standard InChI is InChI=1S/C21H41NO7/c1-8-15-21(7,28)18(25)14(5)22-10-11(2)9-20(6,27)17(24)12(3)16(23)13(4)19(26)29-15/h11-18,22-25,27-28H,8-10H2,1-7H3/t11-,12+,13-,14-,15-,16+,17-,18-,20-,21-/m1/s1. The lowest BCUT2D eigenvalue weighted by atomic mass is 9.78. The summed E-state index contributed by atoms with van der Waals surface area (Å²) < 4.78 is 5.47. The zero-order chi connectivity index (χ0) is 22.7. The zero-order valence-corrected chi connectivity index (χ0v) is 18.8. The first-order valence-electron chi connectivity index (χ1n) is 10.6. The maximum absolute atomic E-state index is 12.6. The fourth-order valence-electron chi connectivity index (χ4n) is 4.31. The number of hydrogen-bond donors (Lipinski definition) is 6. The number of carbonyl (C=O) groups excluding carboxylic acids is 1. The highest BCUT2D eigenvalue weighted by atomic mass is 16.6. The van der Waals surface area contributed by atoms with E-state index >= 15 is 0 Å². The third kappa shape index (κ3) is 6.12. The van der Waals surface area contributed by atoms with Crippen molar-refractivity contribution < 1.29 is 35.1 Å². The summed E-state index contributed by atoms with van der Waals surface area (Å²) in [6.45, 7) is 11.8. The van der Waals surface area contributed by atoms with Crippen LogP contribution in [0.1, 0.15) is 61.3 Å². The first-order chi connectivity index (χ1) is 13.2. The van der Waals surface area contributed by atoms with Gasteiger partial charge in [0.1, 0.15) is 17.8 Å². The van der Waals surface area contributed by atoms with E-state index in [9.17, 15) is 30.3 Å². The Bertz CT molecular complexity index is 539. The topological polar surface area (TPSA) is 139 Å². The van der Waals surface area contributed by atoms with Gasteiger partial charge >= 0.3 is 5.97 Å². The number of ether oxygens (including phenoxy) is 1. The van der Waals surface area contributed by atoms with Crippen molar-refractivity contribution in [1.82, 2.24) is 5.32 Å². The summed E-state index contributed by atoms with van der Waals surface area (Å²) in [5, 5.41) is 56.9. The summed E-state index contributed by atoms with van der Waals surface area (Å²) in [5.74, 6) is -2.58. The average molecular weight is 420 g/mol. The van der Waals surface area contributed by atoms with Gasteiger partial charge in [-0.1, -0.05) is 20.8 Å². The normalized spacial score (nSPS) is 49.0. The second-order valence-electron chi connectivity index (χ2n) is 9.45. The van der Waals surface area contributed by atoms with Crippen molar-refractivity contribution >= 4 is 5.97 Å². The van der Waals surface area contributed by atoms with Crippen LogP contribution in [0.15, 0.2) is 0 Å². The average Bonchev–Trinajstić information content (AvgIpc) is 2.65. The second kappa shape index (κ2) is 10.0. The minimum Gasteiger partial charge on any atom is -0.459 e. The van der Waals surface area contributed by atoms with E-state index in [-0.39, 0.29) is 18.8 Å². The Balaban J connectivity index is 3.28. The van der Waals surface area contributed by atoms with E-state index in [0.29, 0.717) is 6.54 Å². The lowest BCUT2D eigenvalue weighted by Crippen LogP contribution is -2.58. The Morgan fingerprint density at radius 3 is 2.14 bits per heavy atom. The van der Waals surface area contributed by atoms with Crippen LogP contribution in [0.4, 0.5) is 0 Å². The van der Waals surface area contributed by atoms with Gasteiger partial charge in [-0.15, -0.1) is 0 Å². The first kappa shape index (κ1) is 26.3. The van der Waals surface area contributed by atoms with E-state index in [0.717, 1.165) is 0 Å². The molecule has 29 heavy (non-hydrogen) atoms. The molecule has 0 aromatic rings. The molecule has 1 heterocycles. The molecule has 1 fully saturated rings. The van der Waals surface area contributed by atoms with E-state index < -0.39 is 59.5 Å². The lowest BCUT2D eigenvalue weighted by Gasteiger charge is -2.39. The van der Waals surface area contributed by atoms with Gasteiger partial charge in [-0.3, -0.25) is 4.79 Å². The fraction of sp³-hybridized carbons (Fsp3) is 0.952. The number of cyclic esters (lactones) is 1.